The summed E-state index contributed by atoms with van der Waals surface area (Å²) in [5, 5.41) is 3.06. The number of sulfonamides is 1. The lowest BCUT2D eigenvalue weighted by atomic mass is 9.83. The van der Waals surface area contributed by atoms with E-state index in [1.807, 2.05) is 6.92 Å². The molecule has 3 aromatic rings. The van der Waals surface area contributed by atoms with Crippen LogP contribution in [0, 0.1) is 0 Å². The standard InChI is InChI=1S/C36H45N5O8S.2ClH/c1-6-49-31-10-8-7-9-28(31)36(37-35(43)40-17-15-25(16-18-40)39-21-19-38(2)20-22-39)29-23-26(46-3)11-13-30(29)41(34(36)42)50(44,45)33-14-12-27(47-4)24-32(33)48-5;;/h7-14,23-25H,6,15-22H2,1-5H3,(H,37,43);2*1H. The van der Waals surface area contributed by atoms with Crippen molar-refractivity contribution in [3.05, 3.63) is 71.8 Å². The maximum atomic E-state index is 15.2. The number of methoxy groups -OCH3 is 3. The summed E-state index contributed by atoms with van der Waals surface area (Å²) in [6.07, 6.45) is 1.57. The Morgan fingerprint density at radius 3 is 2.10 bits per heavy atom. The molecular weight excluding hydrogens is 733 g/mol. The van der Waals surface area contributed by atoms with Gasteiger partial charge in [-0.15, -0.1) is 24.8 Å². The Morgan fingerprint density at radius 1 is 0.827 bits per heavy atom. The monoisotopic (exact) mass is 779 g/mol. The Balaban J connectivity index is 0.00000302. The summed E-state index contributed by atoms with van der Waals surface area (Å²) < 4.78 is 52.4. The molecule has 52 heavy (non-hydrogen) atoms. The number of nitrogens with one attached hydrogen (secondary N) is 1. The molecule has 1 unspecified atom stereocenters. The number of piperazine rings is 1. The highest BCUT2D eigenvalue weighted by atomic mass is 35.5. The van der Waals surface area contributed by atoms with E-state index < -0.39 is 27.5 Å². The minimum absolute atomic E-state index is 0. The van der Waals surface area contributed by atoms with Gasteiger partial charge in [0, 0.05) is 62.5 Å². The molecule has 0 radical (unpaired) electrons. The van der Waals surface area contributed by atoms with Gasteiger partial charge in [0.2, 0.25) is 0 Å². The van der Waals surface area contributed by atoms with Gasteiger partial charge in [0.1, 0.15) is 27.9 Å². The first-order chi connectivity index (χ1) is 24.1. The molecule has 0 aliphatic carbocycles. The summed E-state index contributed by atoms with van der Waals surface area (Å²) in [7, 11) is 1.78. The number of ether oxygens (including phenoxy) is 4. The van der Waals surface area contributed by atoms with Crippen molar-refractivity contribution in [2.75, 3.05) is 78.6 Å². The molecule has 3 aliphatic heterocycles. The molecule has 3 aliphatic rings. The second kappa shape index (κ2) is 16.8. The lowest BCUT2D eigenvalue weighted by molar-refractivity contribution is -0.121. The molecule has 3 amide bonds. The molecule has 6 rings (SSSR count). The molecular formula is C36H47Cl2N5O8S. The molecule has 16 heteroatoms. The summed E-state index contributed by atoms with van der Waals surface area (Å²) in [6, 6.07) is 15.7. The summed E-state index contributed by atoms with van der Waals surface area (Å²) in [4.78, 5) is 35.9. The smallest absolute Gasteiger partial charge is 0.318 e. The fourth-order valence-electron chi connectivity index (χ4n) is 7.19. The number of benzene rings is 3. The zero-order valence-corrected chi connectivity index (χ0v) is 32.4. The Hall–Kier alpha value is -3.95. The van der Waals surface area contributed by atoms with Crippen molar-refractivity contribution in [3.8, 4) is 23.0 Å². The van der Waals surface area contributed by atoms with E-state index >= 15 is 4.79 Å². The van der Waals surface area contributed by atoms with Crippen molar-refractivity contribution < 1.29 is 37.0 Å². The van der Waals surface area contributed by atoms with Crippen LogP contribution in [0.2, 0.25) is 0 Å². The first kappa shape index (κ1) is 40.8. The molecule has 1 N–H and O–H groups in total. The number of likely N-dealkylation sites (tertiary alicyclic amines) is 1. The number of carbonyl (C=O) groups is 2. The van der Waals surface area contributed by atoms with Crippen LogP contribution in [0.1, 0.15) is 30.9 Å². The van der Waals surface area contributed by atoms with Crippen LogP contribution in [-0.4, -0.2) is 115 Å². The number of carbonyl (C=O) groups excluding carboxylic acids is 2. The van der Waals surface area contributed by atoms with E-state index in [0.717, 1.165) is 43.3 Å². The number of halogens is 2. The van der Waals surface area contributed by atoms with Crippen molar-refractivity contribution >= 4 is 52.5 Å². The van der Waals surface area contributed by atoms with Crippen LogP contribution in [0.3, 0.4) is 0 Å². The number of amides is 3. The van der Waals surface area contributed by atoms with Crippen LogP contribution in [-0.2, 0) is 20.4 Å². The first-order valence-corrected chi connectivity index (χ1v) is 18.2. The molecule has 284 valence electrons. The van der Waals surface area contributed by atoms with E-state index in [1.165, 1.54) is 45.6 Å². The summed E-state index contributed by atoms with van der Waals surface area (Å²) in [5.74, 6) is 0.172. The second-order valence-electron chi connectivity index (χ2n) is 12.6. The first-order valence-electron chi connectivity index (χ1n) is 16.8. The van der Waals surface area contributed by atoms with E-state index in [9.17, 15) is 13.2 Å². The number of hydrogen-bond acceptors (Lipinski definition) is 10. The highest BCUT2D eigenvalue weighted by molar-refractivity contribution is 7.93. The third-order valence-corrected chi connectivity index (χ3v) is 11.6. The highest BCUT2D eigenvalue weighted by Crippen LogP contribution is 2.51. The molecule has 1 atom stereocenters. The second-order valence-corrected chi connectivity index (χ2v) is 14.4. The van der Waals surface area contributed by atoms with Crippen LogP contribution >= 0.6 is 24.8 Å². The maximum Gasteiger partial charge on any atom is 0.318 e. The molecule has 0 bridgehead atoms. The van der Waals surface area contributed by atoms with Gasteiger partial charge in [-0.1, -0.05) is 18.2 Å². The van der Waals surface area contributed by atoms with E-state index in [0.29, 0.717) is 41.9 Å². The van der Waals surface area contributed by atoms with Crippen LogP contribution in [0.15, 0.2) is 65.6 Å². The highest BCUT2D eigenvalue weighted by Gasteiger charge is 2.59. The number of para-hydroxylation sites is 1. The van der Waals surface area contributed by atoms with Gasteiger partial charge in [-0.25, -0.2) is 13.2 Å². The number of piperidine rings is 1. The van der Waals surface area contributed by atoms with Crippen molar-refractivity contribution in [2.45, 2.75) is 36.2 Å². The number of fused-ring (bicyclic) bond motifs is 1. The van der Waals surface area contributed by atoms with Gasteiger partial charge >= 0.3 is 6.03 Å². The fourth-order valence-corrected chi connectivity index (χ4v) is 8.79. The van der Waals surface area contributed by atoms with Crippen molar-refractivity contribution in [1.82, 2.24) is 20.0 Å². The minimum atomic E-state index is -4.63. The Morgan fingerprint density at radius 2 is 1.46 bits per heavy atom. The minimum Gasteiger partial charge on any atom is -0.497 e. The summed E-state index contributed by atoms with van der Waals surface area (Å²) in [6.45, 7) is 7.04. The molecule has 3 heterocycles. The third-order valence-electron chi connectivity index (χ3n) is 9.91. The summed E-state index contributed by atoms with van der Waals surface area (Å²) >= 11 is 0. The zero-order chi connectivity index (χ0) is 35.6. The largest absolute Gasteiger partial charge is 0.497 e. The topological polar surface area (TPSA) is 130 Å². The molecule has 2 saturated heterocycles. The van der Waals surface area contributed by atoms with Gasteiger partial charge < -0.3 is 34.1 Å². The van der Waals surface area contributed by atoms with E-state index in [4.69, 9.17) is 18.9 Å². The molecule has 0 saturated carbocycles. The average Bonchev–Trinajstić information content (AvgIpc) is 3.39. The van der Waals surface area contributed by atoms with Gasteiger partial charge in [-0.3, -0.25) is 9.69 Å². The number of likely N-dealkylation sites (N-methyl/N-ethyl adjacent to an activating group) is 1. The number of anilines is 1. The molecule has 13 nitrogen and oxygen atoms in total. The number of urea groups is 1. The van der Waals surface area contributed by atoms with Crippen LogP contribution < -0.4 is 28.6 Å². The maximum absolute atomic E-state index is 15.2. The third kappa shape index (κ3) is 7.31. The van der Waals surface area contributed by atoms with Crippen molar-refractivity contribution in [2.24, 2.45) is 0 Å². The number of nitrogens with zero attached hydrogens (tertiary/aromatic N) is 4. The van der Waals surface area contributed by atoms with Crippen LogP contribution in [0.4, 0.5) is 10.5 Å². The van der Waals surface area contributed by atoms with Gasteiger partial charge in [0.05, 0.1) is 33.6 Å². The van der Waals surface area contributed by atoms with E-state index in [1.54, 1.807) is 41.3 Å². The van der Waals surface area contributed by atoms with E-state index in [2.05, 4.69) is 22.2 Å². The van der Waals surface area contributed by atoms with Crippen LogP contribution in [0.5, 0.6) is 23.0 Å². The number of rotatable bonds is 10. The molecule has 3 aromatic carbocycles. The van der Waals surface area contributed by atoms with Crippen molar-refractivity contribution in [3.63, 3.8) is 0 Å². The Bertz CT molecular complexity index is 1850. The predicted molar refractivity (Wildman–Crippen MR) is 202 cm³/mol. The molecule has 0 spiro atoms. The van der Waals surface area contributed by atoms with Crippen LogP contribution in [0.25, 0.3) is 0 Å². The average molecular weight is 781 g/mol. The van der Waals surface area contributed by atoms with Gasteiger partial charge in [0.15, 0.2) is 5.54 Å². The SMILES string of the molecule is CCOc1ccccc1C1(NC(=O)N2CCC(N3CCN(C)CC3)CC2)C(=O)N(S(=O)(=O)c2ccc(OC)cc2OC)c2ccc(OC)cc21.Cl.Cl. The lowest BCUT2D eigenvalue weighted by Crippen LogP contribution is -2.59. The quantitative estimate of drug-likeness (QED) is 0.317. The Kier molecular flexibility index (Phi) is 13.2. The van der Waals surface area contributed by atoms with Gasteiger partial charge in [-0.05, 0) is 63.2 Å². The normalized spacial score (nSPS) is 19.6. The van der Waals surface area contributed by atoms with E-state index in [-0.39, 0.29) is 53.3 Å². The Labute approximate surface area is 318 Å². The van der Waals surface area contributed by atoms with Crippen molar-refractivity contribution in [1.29, 1.82) is 0 Å². The van der Waals surface area contributed by atoms with Gasteiger partial charge in [0.25, 0.3) is 15.9 Å². The molecule has 0 aromatic heterocycles. The zero-order valence-electron chi connectivity index (χ0n) is 30.0. The number of hydrogen-bond donors (Lipinski definition) is 1. The fraction of sp³-hybridized carbons (Fsp3) is 0.444. The predicted octanol–water partition coefficient (Wildman–Crippen LogP) is 4.36. The lowest BCUT2D eigenvalue weighted by Gasteiger charge is -2.42. The van der Waals surface area contributed by atoms with Gasteiger partial charge in [-0.2, -0.15) is 4.31 Å². The molecule has 2 fully saturated rings. The summed E-state index contributed by atoms with van der Waals surface area (Å²) in [5.41, 5.74) is -1.42.